The molecule has 0 unspecified atom stereocenters. The average molecular weight is 221 g/mol. The first kappa shape index (κ1) is 12.6. The number of aromatic nitrogens is 1. The Labute approximate surface area is 96.3 Å². The molecule has 0 bridgehead atoms. The molecule has 0 aliphatic rings. The first-order chi connectivity index (χ1) is 7.43. The molecule has 0 saturated heterocycles. The molecule has 88 valence electrons. The number of aryl methyl sites for hydroxylation is 1. The van der Waals surface area contributed by atoms with Gasteiger partial charge in [-0.3, -0.25) is 9.78 Å². The molecule has 16 heavy (non-hydrogen) atoms. The Morgan fingerprint density at radius 3 is 2.81 bits per heavy atom. The number of nitrogens with two attached hydrogens (primary N) is 1. The molecule has 4 heteroatoms. The Morgan fingerprint density at radius 2 is 2.25 bits per heavy atom. The van der Waals surface area contributed by atoms with Gasteiger partial charge in [0.25, 0.3) is 0 Å². The van der Waals surface area contributed by atoms with E-state index in [0.29, 0.717) is 13.1 Å². The normalized spacial score (nSPS) is 11.4. The summed E-state index contributed by atoms with van der Waals surface area (Å²) in [5.74, 6) is -0.289. The molecule has 0 atom stereocenters. The van der Waals surface area contributed by atoms with E-state index in [1.807, 2.05) is 33.0 Å². The van der Waals surface area contributed by atoms with E-state index in [0.717, 1.165) is 5.56 Å². The Balaban J connectivity index is 2.48. The lowest BCUT2D eigenvalue weighted by Crippen LogP contribution is -2.40. The van der Waals surface area contributed by atoms with Gasteiger partial charge in [-0.1, -0.05) is 0 Å². The quantitative estimate of drug-likeness (QED) is 0.779. The van der Waals surface area contributed by atoms with Crippen LogP contribution in [0.1, 0.15) is 25.0 Å². The zero-order valence-corrected chi connectivity index (χ0v) is 10.1. The van der Waals surface area contributed by atoms with E-state index in [4.69, 9.17) is 5.73 Å². The topological polar surface area (TPSA) is 68.0 Å². The molecule has 0 aliphatic heterocycles. The van der Waals surface area contributed by atoms with E-state index in [1.54, 1.807) is 6.20 Å². The van der Waals surface area contributed by atoms with Crippen LogP contribution in [0.2, 0.25) is 0 Å². The second kappa shape index (κ2) is 5.07. The summed E-state index contributed by atoms with van der Waals surface area (Å²) in [6, 6.07) is 1.97. The molecule has 0 saturated carbocycles. The lowest BCUT2D eigenvalue weighted by molar-refractivity contribution is -0.125. The number of nitrogens with one attached hydrogen (secondary N) is 1. The van der Waals surface area contributed by atoms with Crippen molar-refractivity contribution >= 4 is 5.91 Å². The average Bonchev–Trinajstić information content (AvgIpc) is 2.20. The molecule has 4 nitrogen and oxygen atoms in total. The first-order valence-corrected chi connectivity index (χ1v) is 5.33. The van der Waals surface area contributed by atoms with E-state index in [-0.39, 0.29) is 5.91 Å². The highest BCUT2D eigenvalue weighted by molar-refractivity contribution is 5.80. The molecule has 0 aliphatic carbocycles. The van der Waals surface area contributed by atoms with Gasteiger partial charge in [0, 0.05) is 25.5 Å². The molecule has 0 radical (unpaired) electrons. The van der Waals surface area contributed by atoms with Crippen LogP contribution in [-0.4, -0.2) is 17.4 Å². The minimum Gasteiger partial charge on any atom is -0.369 e. The third kappa shape index (κ3) is 3.31. The van der Waals surface area contributed by atoms with Crippen LogP contribution >= 0.6 is 0 Å². The summed E-state index contributed by atoms with van der Waals surface area (Å²) >= 11 is 0. The Morgan fingerprint density at radius 1 is 1.56 bits per heavy atom. The molecular formula is C12H19N3O. The number of hydrogen-bond donors (Lipinski definition) is 2. The van der Waals surface area contributed by atoms with Crippen molar-refractivity contribution in [1.82, 2.24) is 10.3 Å². The van der Waals surface area contributed by atoms with Gasteiger partial charge >= 0.3 is 0 Å². The van der Waals surface area contributed by atoms with Crippen LogP contribution in [0, 0.1) is 12.3 Å². The molecule has 1 heterocycles. The van der Waals surface area contributed by atoms with Gasteiger partial charge in [-0.25, -0.2) is 0 Å². The van der Waals surface area contributed by atoms with Crippen LogP contribution in [-0.2, 0) is 11.3 Å². The van der Waals surface area contributed by atoms with E-state index >= 15 is 0 Å². The Kier molecular flexibility index (Phi) is 4.01. The summed E-state index contributed by atoms with van der Waals surface area (Å²) < 4.78 is 0. The number of rotatable bonds is 5. The lowest BCUT2D eigenvalue weighted by atomic mass is 9.93. The first-order valence-electron chi connectivity index (χ1n) is 5.33. The van der Waals surface area contributed by atoms with Crippen molar-refractivity contribution in [3.8, 4) is 0 Å². The van der Waals surface area contributed by atoms with Crippen LogP contribution in [0.25, 0.3) is 0 Å². The minimum absolute atomic E-state index is 0.289. The molecule has 0 aromatic carbocycles. The predicted octanol–water partition coefficient (Wildman–Crippen LogP) is 0.991. The van der Waals surface area contributed by atoms with Gasteiger partial charge in [-0.05, 0) is 38.0 Å². The monoisotopic (exact) mass is 221 g/mol. The predicted molar refractivity (Wildman–Crippen MR) is 63.7 cm³/mol. The zero-order chi connectivity index (χ0) is 12.2. The van der Waals surface area contributed by atoms with Crippen molar-refractivity contribution in [2.45, 2.75) is 27.3 Å². The summed E-state index contributed by atoms with van der Waals surface area (Å²) in [5.41, 5.74) is 7.11. The standard InChI is InChI=1S/C12H19N3O/c1-9-4-5-14-6-10(9)7-15-8-12(2,3)11(13)16/h4-6,15H,7-8H2,1-3H3,(H2,13,16). The Bertz CT molecular complexity index is 374. The number of nitrogens with zero attached hydrogens (tertiary/aromatic N) is 1. The highest BCUT2D eigenvalue weighted by Gasteiger charge is 2.23. The fourth-order valence-corrected chi connectivity index (χ4v) is 1.28. The summed E-state index contributed by atoms with van der Waals surface area (Å²) in [4.78, 5) is 15.2. The third-order valence-electron chi connectivity index (χ3n) is 2.70. The number of primary amides is 1. The van der Waals surface area contributed by atoms with E-state index < -0.39 is 5.41 Å². The molecule has 1 aromatic rings. The smallest absolute Gasteiger partial charge is 0.224 e. The number of carbonyl (C=O) groups is 1. The van der Waals surface area contributed by atoms with Gasteiger partial charge in [-0.15, -0.1) is 0 Å². The van der Waals surface area contributed by atoms with Crippen molar-refractivity contribution in [3.05, 3.63) is 29.6 Å². The molecule has 1 aromatic heterocycles. The maximum absolute atomic E-state index is 11.1. The highest BCUT2D eigenvalue weighted by Crippen LogP contribution is 2.12. The van der Waals surface area contributed by atoms with Gasteiger partial charge in [0.2, 0.25) is 5.91 Å². The van der Waals surface area contributed by atoms with Crippen LogP contribution in [0.4, 0.5) is 0 Å². The largest absolute Gasteiger partial charge is 0.369 e. The second-order valence-electron chi connectivity index (χ2n) is 4.65. The maximum atomic E-state index is 11.1. The van der Waals surface area contributed by atoms with Crippen LogP contribution in [0.15, 0.2) is 18.5 Å². The number of hydrogen-bond acceptors (Lipinski definition) is 3. The lowest BCUT2D eigenvalue weighted by Gasteiger charge is -2.21. The van der Waals surface area contributed by atoms with Crippen molar-refractivity contribution in [2.24, 2.45) is 11.1 Å². The molecular weight excluding hydrogens is 202 g/mol. The van der Waals surface area contributed by atoms with E-state index in [2.05, 4.69) is 10.3 Å². The highest BCUT2D eigenvalue weighted by atomic mass is 16.1. The van der Waals surface area contributed by atoms with E-state index in [1.165, 1.54) is 5.56 Å². The van der Waals surface area contributed by atoms with E-state index in [9.17, 15) is 4.79 Å². The maximum Gasteiger partial charge on any atom is 0.224 e. The summed E-state index contributed by atoms with van der Waals surface area (Å²) in [6.45, 7) is 6.97. The van der Waals surface area contributed by atoms with Gasteiger partial charge in [0.15, 0.2) is 0 Å². The minimum atomic E-state index is -0.518. The van der Waals surface area contributed by atoms with Gasteiger partial charge in [0.1, 0.15) is 0 Å². The van der Waals surface area contributed by atoms with Crippen LogP contribution in [0.3, 0.4) is 0 Å². The SMILES string of the molecule is Cc1ccncc1CNCC(C)(C)C(N)=O. The zero-order valence-electron chi connectivity index (χ0n) is 10.1. The third-order valence-corrected chi connectivity index (χ3v) is 2.70. The molecule has 1 amide bonds. The Hall–Kier alpha value is -1.42. The fourth-order valence-electron chi connectivity index (χ4n) is 1.28. The molecule has 1 rings (SSSR count). The fraction of sp³-hybridized carbons (Fsp3) is 0.500. The molecule has 0 spiro atoms. The number of carbonyl (C=O) groups excluding carboxylic acids is 1. The summed E-state index contributed by atoms with van der Waals surface area (Å²) in [6.07, 6.45) is 3.60. The van der Waals surface area contributed by atoms with Crippen molar-refractivity contribution < 1.29 is 4.79 Å². The summed E-state index contributed by atoms with van der Waals surface area (Å²) in [7, 11) is 0. The molecule has 0 fully saturated rings. The van der Waals surface area contributed by atoms with Gasteiger partial charge in [0.05, 0.1) is 5.41 Å². The van der Waals surface area contributed by atoms with Gasteiger partial charge in [-0.2, -0.15) is 0 Å². The van der Waals surface area contributed by atoms with Crippen LogP contribution in [0.5, 0.6) is 0 Å². The molecule has 3 N–H and O–H groups in total. The second-order valence-corrected chi connectivity index (χ2v) is 4.65. The number of pyridine rings is 1. The van der Waals surface area contributed by atoms with Gasteiger partial charge < -0.3 is 11.1 Å². The van der Waals surface area contributed by atoms with Crippen molar-refractivity contribution in [2.75, 3.05) is 6.54 Å². The van der Waals surface area contributed by atoms with Crippen LogP contribution < -0.4 is 11.1 Å². The number of amides is 1. The van der Waals surface area contributed by atoms with Crippen molar-refractivity contribution in [1.29, 1.82) is 0 Å². The summed E-state index contributed by atoms with van der Waals surface area (Å²) in [5, 5.41) is 3.22. The van der Waals surface area contributed by atoms with Crippen molar-refractivity contribution in [3.63, 3.8) is 0 Å².